The normalized spacial score (nSPS) is 11.7. The Morgan fingerprint density at radius 1 is 1.03 bits per heavy atom. The largest absolute Gasteiger partial charge is 0.416 e. The summed E-state index contributed by atoms with van der Waals surface area (Å²) >= 11 is 0. The van der Waals surface area contributed by atoms with Gasteiger partial charge in [-0.1, -0.05) is 6.07 Å². The molecule has 0 radical (unpaired) electrons. The van der Waals surface area contributed by atoms with Gasteiger partial charge in [0, 0.05) is 41.8 Å². The van der Waals surface area contributed by atoms with Gasteiger partial charge in [-0.2, -0.15) is 13.2 Å². The Kier molecular flexibility index (Phi) is 4.89. The zero-order valence-corrected chi connectivity index (χ0v) is 15.1. The molecule has 0 aliphatic rings. The fourth-order valence-electron chi connectivity index (χ4n) is 3.07. The second-order valence-corrected chi connectivity index (χ2v) is 6.30. The van der Waals surface area contributed by atoms with E-state index in [0.29, 0.717) is 17.9 Å². The number of anilines is 2. The van der Waals surface area contributed by atoms with E-state index in [1.165, 1.54) is 18.3 Å². The predicted octanol–water partition coefficient (Wildman–Crippen LogP) is 4.25. The van der Waals surface area contributed by atoms with Gasteiger partial charge in [0.05, 0.1) is 17.9 Å². The van der Waals surface area contributed by atoms with Gasteiger partial charge in [-0.15, -0.1) is 0 Å². The van der Waals surface area contributed by atoms with Gasteiger partial charge >= 0.3 is 6.18 Å². The summed E-state index contributed by atoms with van der Waals surface area (Å²) in [7, 11) is 0. The van der Waals surface area contributed by atoms with Crippen molar-refractivity contribution in [1.29, 1.82) is 0 Å². The van der Waals surface area contributed by atoms with Crippen molar-refractivity contribution in [2.24, 2.45) is 0 Å². The van der Waals surface area contributed by atoms with Crippen molar-refractivity contribution < 1.29 is 18.3 Å². The highest BCUT2D eigenvalue weighted by Crippen LogP contribution is 2.31. The van der Waals surface area contributed by atoms with Gasteiger partial charge in [0.15, 0.2) is 0 Å². The Morgan fingerprint density at radius 2 is 1.86 bits per heavy atom. The van der Waals surface area contributed by atoms with E-state index in [1.54, 1.807) is 12.3 Å². The number of aliphatic hydroxyl groups is 1. The maximum absolute atomic E-state index is 12.9. The van der Waals surface area contributed by atoms with E-state index in [4.69, 9.17) is 0 Å². The van der Waals surface area contributed by atoms with Crippen molar-refractivity contribution in [2.75, 3.05) is 11.9 Å². The van der Waals surface area contributed by atoms with Crippen LogP contribution in [0.1, 0.15) is 5.56 Å². The van der Waals surface area contributed by atoms with Crippen LogP contribution in [0.15, 0.2) is 61.1 Å². The van der Waals surface area contributed by atoms with Gasteiger partial charge in [0.1, 0.15) is 5.65 Å². The van der Waals surface area contributed by atoms with Crippen LogP contribution in [0.4, 0.5) is 24.8 Å². The number of fused-ring (bicyclic) bond motifs is 1. The minimum absolute atomic E-state index is 0.00570. The Hall–Kier alpha value is -3.46. The summed E-state index contributed by atoms with van der Waals surface area (Å²) in [6.45, 7) is 0.417. The number of pyridine rings is 1. The van der Waals surface area contributed by atoms with E-state index in [-0.39, 0.29) is 18.2 Å². The SMILES string of the molecule is OCCn1ccc2c(-c3ccnc(Nc4cccc(C(F)(F)F)c4)n3)ccnc21. The molecule has 4 aromatic rings. The van der Waals surface area contributed by atoms with Crippen molar-refractivity contribution in [3.05, 3.63) is 66.6 Å². The highest BCUT2D eigenvalue weighted by molar-refractivity contribution is 5.92. The smallest absolute Gasteiger partial charge is 0.395 e. The minimum Gasteiger partial charge on any atom is -0.395 e. The van der Waals surface area contributed by atoms with E-state index < -0.39 is 11.7 Å². The summed E-state index contributed by atoms with van der Waals surface area (Å²) in [6.07, 6.45) is 0.591. The highest BCUT2D eigenvalue weighted by Gasteiger charge is 2.30. The molecule has 6 nitrogen and oxygen atoms in total. The van der Waals surface area contributed by atoms with Gasteiger partial charge in [-0.3, -0.25) is 0 Å². The Morgan fingerprint density at radius 3 is 2.66 bits per heavy atom. The topological polar surface area (TPSA) is 75.9 Å². The molecule has 4 rings (SSSR count). The summed E-state index contributed by atoms with van der Waals surface area (Å²) < 4.78 is 40.6. The number of rotatable bonds is 5. The fraction of sp³-hybridized carbons (Fsp3) is 0.150. The molecule has 0 spiro atoms. The maximum Gasteiger partial charge on any atom is 0.416 e. The summed E-state index contributed by atoms with van der Waals surface area (Å²) in [5.41, 5.74) is 1.61. The van der Waals surface area contributed by atoms with E-state index in [1.807, 2.05) is 22.9 Å². The first-order valence-electron chi connectivity index (χ1n) is 8.78. The Labute approximate surface area is 163 Å². The molecule has 0 saturated heterocycles. The Balaban J connectivity index is 1.68. The molecule has 0 unspecified atom stereocenters. The molecule has 3 aromatic heterocycles. The molecular weight excluding hydrogens is 383 g/mol. The molecule has 0 bridgehead atoms. The van der Waals surface area contributed by atoms with Gasteiger partial charge in [-0.25, -0.2) is 15.0 Å². The van der Waals surface area contributed by atoms with Crippen LogP contribution in [-0.4, -0.2) is 31.2 Å². The molecule has 29 heavy (non-hydrogen) atoms. The molecule has 1 aromatic carbocycles. The maximum atomic E-state index is 12.9. The Bertz CT molecular complexity index is 1160. The first-order valence-corrected chi connectivity index (χ1v) is 8.78. The molecular formula is C20H16F3N5O. The average Bonchev–Trinajstić information content (AvgIpc) is 3.11. The van der Waals surface area contributed by atoms with Crippen LogP contribution in [0.3, 0.4) is 0 Å². The lowest BCUT2D eigenvalue weighted by atomic mass is 10.1. The number of alkyl halides is 3. The molecule has 148 valence electrons. The second kappa shape index (κ2) is 7.51. The zero-order valence-electron chi connectivity index (χ0n) is 15.1. The van der Waals surface area contributed by atoms with Gasteiger partial charge in [0.2, 0.25) is 5.95 Å². The number of hydrogen-bond donors (Lipinski definition) is 2. The van der Waals surface area contributed by atoms with Crippen LogP contribution in [0.2, 0.25) is 0 Å². The van der Waals surface area contributed by atoms with Crippen molar-refractivity contribution >= 4 is 22.7 Å². The molecule has 9 heteroatoms. The predicted molar refractivity (Wildman–Crippen MR) is 103 cm³/mol. The van der Waals surface area contributed by atoms with Crippen molar-refractivity contribution in [3.8, 4) is 11.3 Å². The second-order valence-electron chi connectivity index (χ2n) is 6.30. The van der Waals surface area contributed by atoms with E-state index in [0.717, 1.165) is 23.1 Å². The first-order chi connectivity index (χ1) is 14.0. The van der Waals surface area contributed by atoms with E-state index in [2.05, 4.69) is 20.3 Å². The number of nitrogens with one attached hydrogen (secondary N) is 1. The quantitative estimate of drug-likeness (QED) is 0.525. The van der Waals surface area contributed by atoms with Gasteiger partial charge in [0.25, 0.3) is 0 Å². The molecule has 0 saturated carbocycles. The molecule has 0 atom stereocenters. The number of benzene rings is 1. The van der Waals surface area contributed by atoms with Crippen LogP contribution in [0.5, 0.6) is 0 Å². The number of halogens is 3. The summed E-state index contributed by atoms with van der Waals surface area (Å²) in [6, 6.07) is 10.3. The first kappa shape index (κ1) is 18.9. The lowest BCUT2D eigenvalue weighted by Crippen LogP contribution is -2.05. The van der Waals surface area contributed by atoms with Gasteiger partial charge < -0.3 is 15.0 Å². The lowest BCUT2D eigenvalue weighted by Gasteiger charge is -2.10. The van der Waals surface area contributed by atoms with Crippen LogP contribution in [0.25, 0.3) is 22.3 Å². The average molecular weight is 399 g/mol. The van der Waals surface area contributed by atoms with E-state index in [9.17, 15) is 18.3 Å². The molecule has 0 aliphatic heterocycles. The van der Waals surface area contributed by atoms with Crippen LogP contribution in [0, 0.1) is 0 Å². The van der Waals surface area contributed by atoms with Crippen molar-refractivity contribution in [1.82, 2.24) is 19.5 Å². The third-order valence-corrected chi connectivity index (χ3v) is 4.38. The monoisotopic (exact) mass is 399 g/mol. The van der Waals surface area contributed by atoms with Crippen molar-refractivity contribution in [3.63, 3.8) is 0 Å². The fourth-order valence-corrected chi connectivity index (χ4v) is 3.07. The third-order valence-electron chi connectivity index (χ3n) is 4.38. The number of aromatic nitrogens is 4. The zero-order chi connectivity index (χ0) is 20.4. The summed E-state index contributed by atoms with van der Waals surface area (Å²) in [5.74, 6) is 0.182. The standard InChI is InChI=1S/C20H16F3N5O/c21-20(22,23)13-2-1-3-14(12-13)26-19-25-8-5-17(27-19)15-4-7-24-18-16(15)6-9-28(18)10-11-29/h1-9,12,29H,10-11H2,(H,25,26,27). The minimum atomic E-state index is -4.43. The summed E-state index contributed by atoms with van der Waals surface area (Å²) in [5, 5.41) is 12.9. The molecule has 0 aliphatic carbocycles. The number of nitrogens with zero attached hydrogens (tertiary/aromatic N) is 4. The van der Waals surface area contributed by atoms with Crippen LogP contribution < -0.4 is 5.32 Å². The van der Waals surface area contributed by atoms with Gasteiger partial charge in [-0.05, 0) is 36.4 Å². The summed E-state index contributed by atoms with van der Waals surface area (Å²) in [4.78, 5) is 12.9. The third kappa shape index (κ3) is 3.90. The van der Waals surface area contributed by atoms with Crippen molar-refractivity contribution in [2.45, 2.75) is 12.7 Å². The molecule has 0 fully saturated rings. The van der Waals surface area contributed by atoms with Crippen LogP contribution >= 0.6 is 0 Å². The molecule has 3 heterocycles. The number of hydrogen-bond acceptors (Lipinski definition) is 5. The van der Waals surface area contributed by atoms with Crippen LogP contribution in [-0.2, 0) is 12.7 Å². The molecule has 0 amide bonds. The van der Waals surface area contributed by atoms with E-state index >= 15 is 0 Å². The number of aliphatic hydroxyl groups excluding tert-OH is 1. The highest BCUT2D eigenvalue weighted by atomic mass is 19.4. The molecule has 2 N–H and O–H groups in total. The lowest BCUT2D eigenvalue weighted by molar-refractivity contribution is -0.137.